The van der Waals surface area contributed by atoms with Gasteiger partial charge >= 0.3 is 12.4 Å². The summed E-state index contributed by atoms with van der Waals surface area (Å²) >= 11 is 0. The minimum atomic E-state index is -5.05. The first-order valence-electron chi connectivity index (χ1n) is 11.6. The second kappa shape index (κ2) is 8.97. The van der Waals surface area contributed by atoms with E-state index in [1.165, 1.54) is 50.0 Å². The standard InChI is InChI=1S/C26H12B2F6N4O2/c29-25(30,31)17-11-13(5-7-20(17)37-10-2-9-35-37)27-24(40)16-12-36-38(22(16)26(32,33)34)19-8-6-18-21-14(19)3-1-4-15(21)23(39)28-18/h1-12H. The third-order valence-corrected chi connectivity index (χ3v) is 6.51. The van der Waals surface area contributed by atoms with Crippen molar-refractivity contribution in [2.24, 2.45) is 0 Å². The molecular weight excluding hydrogens is 536 g/mol. The molecule has 0 aliphatic carbocycles. The fourth-order valence-corrected chi connectivity index (χ4v) is 4.84. The van der Waals surface area contributed by atoms with Crippen LogP contribution in [0.5, 0.6) is 0 Å². The van der Waals surface area contributed by atoms with Crippen molar-refractivity contribution in [1.82, 2.24) is 19.6 Å². The summed E-state index contributed by atoms with van der Waals surface area (Å²) in [4.78, 5) is 25.3. The Morgan fingerprint density at radius 3 is 2.38 bits per heavy atom. The summed E-state index contributed by atoms with van der Waals surface area (Å²) < 4.78 is 85.9. The van der Waals surface area contributed by atoms with Gasteiger partial charge in [-0.15, -0.1) is 0 Å². The van der Waals surface area contributed by atoms with E-state index in [4.69, 9.17) is 0 Å². The zero-order chi connectivity index (χ0) is 28.4. The van der Waals surface area contributed by atoms with E-state index in [2.05, 4.69) is 10.2 Å². The molecule has 0 amide bonds. The monoisotopic (exact) mass is 548 g/mol. The fourth-order valence-electron chi connectivity index (χ4n) is 4.84. The normalized spacial score (nSPS) is 13.1. The number of benzene rings is 3. The second-order valence-electron chi connectivity index (χ2n) is 8.96. The number of aromatic nitrogens is 4. The van der Waals surface area contributed by atoms with Crippen molar-refractivity contribution in [2.45, 2.75) is 12.4 Å². The predicted molar refractivity (Wildman–Crippen MR) is 134 cm³/mol. The van der Waals surface area contributed by atoms with Crippen molar-refractivity contribution in [3.63, 3.8) is 0 Å². The van der Waals surface area contributed by atoms with Gasteiger partial charge in [0, 0.05) is 23.3 Å². The number of rotatable bonds is 5. The molecule has 5 aromatic rings. The van der Waals surface area contributed by atoms with Crippen LogP contribution in [0.25, 0.3) is 22.1 Å². The quantitative estimate of drug-likeness (QED) is 0.247. The lowest BCUT2D eigenvalue weighted by Crippen LogP contribution is -2.28. The highest BCUT2D eigenvalue weighted by molar-refractivity contribution is 6.92. The number of carbonyl (C=O) groups is 2. The van der Waals surface area contributed by atoms with Gasteiger partial charge in [-0.1, -0.05) is 47.3 Å². The summed E-state index contributed by atoms with van der Waals surface area (Å²) in [5.74, 6) is 0. The molecule has 3 aromatic carbocycles. The highest BCUT2D eigenvalue weighted by Gasteiger charge is 2.41. The first-order chi connectivity index (χ1) is 18.9. The summed E-state index contributed by atoms with van der Waals surface area (Å²) in [5, 5.41) is 8.41. The van der Waals surface area contributed by atoms with Gasteiger partial charge in [0.1, 0.15) is 11.4 Å². The van der Waals surface area contributed by atoms with E-state index in [-0.39, 0.29) is 22.5 Å². The summed E-state index contributed by atoms with van der Waals surface area (Å²) in [6.07, 6.45) is -6.56. The maximum absolute atomic E-state index is 14.3. The zero-order valence-electron chi connectivity index (χ0n) is 20.0. The van der Waals surface area contributed by atoms with Crippen LogP contribution in [-0.2, 0) is 12.4 Å². The van der Waals surface area contributed by atoms with Crippen LogP contribution in [0.15, 0.2) is 73.2 Å². The molecule has 0 saturated carbocycles. The van der Waals surface area contributed by atoms with Crippen LogP contribution in [0.3, 0.4) is 0 Å². The van der Waals surface area contributed by atoms with Crippen molar-refractivity contribution in [2.75, 3.05) is 0 Å². The number of halogens is 6. The number of nitrogens with zero attached hydrogens (tertiary/aromatic N) is 4. The average molecular weight is 548 g/mol. The van der Waals surface area contributed by atoms with Crippen LogP contribution in [0.1, 0.15) is 32.0 Å². The second-order valence-corrected chi connectivity index (χ2v) is 8.96. The SMILES string of the molecule is O=C([B]c1ccc(-n2cccn2)c(C(F)(F)F)c1)c1cnn(-c2ccc3c4c(cccc24)C(=O)[B]3)c1C(F)(F)F. The van der Waals surface area contributed by atoms with Gasteiger partial charge in [0.25, 0.3) is 0 Å². The molecular formula is C26H12B2F6N4O2. The molecule has 2 radical (unpaired) electrons. The topological polar surface area (TPSA) is 69.8 Å². The van der Waals surface area contributed by atoms with Gasteiger partial charge in [-0.25, -0.2) is 9.36 Å². The Morgan fingerprint density at radius 1 is 0.900 bits per heavy atom. The van der Waals surface area contributed by atoms with Crippen LogP contribution in [0, 0.1) is 0 Å². The highest BCUT2D eigenvalue weighted by Crippen LogP contribution is 2.36. The largest absolute Gasteiger partial charge is 0.434 e. The van der Waals surface area contributed by atoms with Crippen LogP contribution in [-0.4, -0.2) is 45.5 Å². The number of hydrogen-bond acceptors (Lipinski definition) is 4. The van der Waals surface area contributed by atoms with Gasteiger partial charge in [0.15, 0.2) is 5.69 Å². The van der Waals surface area contributed by atoms with Crippen LogP contribution >= 0.6 is 0 Å². The van der Waals surface area contributed by atoms with E-state index in [0.29, 0.717) is 39.8 Å². The molecule has 0 spiro atoms. The molecule has 40 heavy (non-hydrogen) atoms. The van der Waals surface area contributed by atoms with Gasteiger partial charge in [-0.05, 0) is 23.6 Å². The van der Waals surface area contributed by atoms with Crippen molar-refractivity contribution >= 4 is 47.6 Å². The number of hydrogen-bond donors (Lipinski definition) is 0. The maximum Gasteiger partial charge on any atom is 0.434 e. The van der Waals surface area contributed by atoms with Gasteiger partial charge in [-0.3, -0.25) is 0 Å². The lowest BCUT2D eigenvalue weighted by molar-refractivity contribution is -0.143. The third kappa shape index (κ3) is 4.19. The number of carbonyl (C=O) groups excluding carboxylic acids is 2. The first-order valence-corrected chi connectivity index (χ1v) is 11.6. The molecule has 14 heteroatoms. The third-order valence-electron chi connectivity index (χ3n) is 6.51. The molecule has 0 saturated heterocycles. The molecule has 2 aromatic heterocycles. The highest BCUT2D eigenvalue weighted by atomic mass is 19.4. The molecule has 0 unspecified atom stereocenters. The lowest BCUT2D eigenvalue weighted by Gasteiger charge is -2.16. The van der Waals surface area contributed by atoms with Crippen molar-refractivity contribution in [3.05, 3.63) is 95.6 Å². The molecule has 6 rings (SSSR count). The zero-order valence-corrected chi connectivity index (χ0v) is 20.0. The van der Waals surface area contributed by atoms with Crippen LogP contribution in [0.2, 0.25) is 0 Å². The molecule has 3 heterocycles. The van der Waals surface area contributed by atoms with E-state index in [1.54, 1.807) is 12.1 Å². The molecule has 1 aliphatic rings. The minimum Gasteiger partial charge on any atom is -0.306 e. The molecule has 1 aliphatic heterocycles. The Labute approximate surface area is 222 Å². The van der Waals surface area contributed by atoms with Crippen molar-refractivity contribution in [1.29, 1.82) is 0 Å². The molecule has 0 bridgehead atoms. The summed E-state index contributed by atoms with van der Waals surface area (Å²) in [6, 6.07) is 11.8. The van der Waals surface area contributed by atoms with E-state index < -0.39 is 34.9 Å². The Kier molecular flexibility index (Phi) is 5.75. The molecule has 196 valence electrons. The number of alkyl halides is 6. The van der Waals surface area contributed by atoms with Crippen molar-refractivity contribution in [3.8, 4) is 11.4 Å². The molecule has 6 nitrogen and oxygen atoms in total. The lowest BCUT2D eigenvalue weighted by atomic mass is 9.63. The van der Waals surface area contributed by atoms with E-state index in [1.807, 2.05) is 0 Å². The summed E-state index contributed by atoms with van der Waals surface area (Å²) in [6.45, 7) is 0. The van der Waals surface area contributed by atoms with Gasteiger partial charge in [0.05, 0.1) is 28.7 Å². The van der Waals surface area contributed by atoms with Crippen LogP contribution < -0.4 is 10.9 Å². The smallest absolute Gasteiger partial charge is 0.306 e. The van der Waals surface area contributed by atoms with E-state index in [9.17, 15) is 35.9 Å². The first kappa shape index (κ1) is 25.7. The maximum atomic E-state index is 14.3. The van der Waals surface area contributed by atoms with E-state index >= 15 is 0 Å². The Bertz CT molecular complexity index is 1830. The molecule has 0 atom stereocenters. The van der Waals surface area contributed by atoms with Crippen molar-refractivity contribution < 1.29 is 35.9 Å². The van der Waals surface area contributed by atoms with Gasteiger partial charge in [0.2, 0.25) is 14.6 Å². The van der Waals surface area contributed by atoms with Gasteiger partial charge < -0.3 is 9.59 Å². The predicted octanol–water partition coefficient (Wildman–Crippen LogP) is 3.90. The van der Waals surface area contributed by atoms with Crippen LogP contribution in [0.4, 0.5) is 26.3 Å². The summed E-state index contributed by atoms with van der Waals surface area (Å²) in [5.41, 5.74) is -4.54. The Balaban J connectivity index is 1.42. The summed E-state index contributed by atoms with van der Waals surface area (Å²) in [7, 11) is 2.08. The average Bonchev–Trinajstić information content (AvgIpc) is 3.64. The van der Waals surface area contributed by atoms with E-state index in [0.717, 1.165) is 16.9 Å². The molecule has 0 N–H and O–H groups in total. The fraction of sp³-hybridized carbons (Fsp3) is 0.0769. The minimum absolute atomic E-state index is 0.0157. The molecule has 0 fully saturated rings. The Hall–Kier alpha value is -4.61. The Morgan fingerprint density at radius 2 is 1.68 bits per heavy atom. The van der Waals surface area contributed by atoms with Gasteiger partial charge in [-0.2, -0.15) is 36.5 Å².